The lowest BCUT2D eigenvalue weighted by Gasteiger charge is -2.19. The Morgan fingerprint density at radius 3 is 2.30 bits per heavy atom. The molecule has 2 N–H and O–H groups in total. The molecule has 1 aromatic heterocycles. The van der Waals surface area contributed by atoms with E-state index in [1.165, 1.54) is 29.9 Å². The number of nitrogens with one attached hydrogen (secondary N) is 1. The number of aliphatic carboxylic acids is 1. The molecule has 204 valence electrons. The van der Waals surface area contributed by atoms with E-state index in [-0.39, 0.29) is 17.3 Å². The highest BCUT2D eigenvalue weighted by Crippen LogP contribution is 2.15. The monoisotopic (exact) mass is 546 g/mol. The van der Waals surface area contributed by atoms with Gasteiger partial charge >= 0.3 is 12.1 Å². The first-order valence-corrected chi connectivity index (χ1v) is 12.7. The van der Waals surface area contributed by atoms with Crippen molar-refractivity contribution in [2.45, 2.75) is 30.3 Å². The third kappa shape index (κ3) is 9.21. The molecule has 2 heterocycles. The van der Waals surface area contributed by atoms with Crippen LogP contribution in [0.4, 0.5) is 13.2 Å². The second-order valence-corrected chi connectivity index (χ2v) is 10.2. The summed E-state index contributed by atoms with van der Waals surface area (Å²) in [5, 5.41) is 10.4. The minimum Gasteiger partial charge on any atom is -0.475 e. The van der Waals surface area contributed by atoms with E-state index in [0.717, 1.165) is 36.5 Å². The highest BCUT2D eigenvalue weighted by molar-refractivity contribution is 7.89. The van der Waals surface area contributed by atoms with Crippen LogP contribution in [-0.4, -0.2) is 86.9 Å². The molecule has 0 atom stereocenters. The Balaban J connectivity index is 0.000000604. The molecule has 1 aliphatic heterocycles. The molecule has 10 nitrogen and oxygen atoms in total. The van der Waals surface area contributed by atoms with Gasteiger partial charge in [0.1, 0.15) is 17.0 Å². The van der Waals surface area contributed by atoms with Crippen molar-refractivity contribution in [3.63, 3.8) is 0 Å². The quantitative estimate of drug-likeness (QED) is 0.468. The molecule has 0 unspecified atom stereocenters. The Morgan fingerprint density at radius 1 is 1.14 bits per heavy atom. The minimum absolute atomic E-state index is 0.00485. The van der Waals surface area contributed by atoms with Crippen molar-refractivity contribution >= 4 is 27.7 Å². The number of amidine groups is 1. The summed E-state index contributed by atoms with van der Waals surface area (Å²) >= 11 is 0. The van der Waals surface area contributed by atoms with E-state index in [0.29, 0.717) is 19.4 Å². The number of sulfonamides is 1. The van der Waals surface area contributed by atoms with Gasteiger partial charge in [0, 0.05) is 45.7 Å². The van der Waals surface area contributed by atoms with E-state index >= 15 is 0 Å². The van der Waals surface area contributed by atoms with Crippen LogP contribution in [-0.2, 0) is 26.0 Å². The number of amides is 1. The lowest BCUT2D eigenvalue weighted by atomic mass is 10.1. The summed E-state index contributed by atoms with van der Waals surface area (Å²) in [6.07, 6.45) is -1.04. The first-order chi connectivity index (χ1) is 17.3. The summed E-state index contributed by atoms with van der Waals surface area (Å²) in [6.45, 7) is 2.58. The SMILES string of the molecule is CN(CCc1ccc(C2=NCCN2)cc1)C(=O)CCCN(C)S(=O)(=O)c1ccoc1.O=C(O)C(F)(F)F. The second-order valence-electron chi connectivity index (χ2n) is 8.11. The minimum atomic E-state index is -5.08. The zero-order chi connectivity index (χ0) is 27.6. The van der Waals surface area contributed by atoms with Crippen LogP contribution in [0, 0.1) is 0 Å². The number of rotatable bonds is 10. The average molecular weight is 547 g/mol. The fourth-order valence-electron chi connectivity index (χ4n) is 3.18. The number of carboxylic acids is 1. The highest BCUT2D eigenvalue weighted by Gasteiger charge is 2.38. The zero-order valence-electron chi connectivity index (χ0n) is 20.4. The molecule has 14 heteroatoms. The molecule has 3 rings (SSSR count). The van der Waals surface area contributed by atoms with Crippen LogP contribution >= 0.6 is 0 Å². The number of carboxylic acid groups (broad SMARTS) is 1. The van der Waals surface area contributed by atoms with Gasteiger partial charge < -0.3 is 19.7 Å². The van der Waals surface area contributed by atoms with Crippen LogP contribution in [0.1, 0.15) is 24.0 Å². The van der Waals surface area contributed by atoms with Gasteiger partial charge in [-0.25, -0.2) is 17.5 Å². The summed E-state index contributed by atoms with van der Waals surface area (Å²) < 4.78 is 62.5. The molecule has 0 fully saturated rings. The van der Waals surface area contributed by atoms with E-state index in [2.05, 4.69) is 22.4 Å². The lowest BCUT2D eigenvalue weighted by Crippen LogP contribution is -2.31. The number of halogens is 3. The Kier molecular flexibility index (Phi) is 10.7. The number of hydrogen-bond acceptors (Lipinski definition) is 7. The molecule has 0 bridgehead atoms. The van der Waals surface area contributed by atoms with Crippen molar-refractivity contribution < 1.29 is 40.7 Å². The number of benzene rings is 1. The van der Waals surface area contributed by atoms with Gasteiger partial charge in [0.05, 0.1) is 12.8 Å². The van der Waals surface area contributed by atoms with Crippen molar-refractivity contribution in [1.82, 2.24) is 14.5 Å². The van der Waals surface area contributed by atoms with Crippen LogP contribution < -0.4 is 5.32 Å². The Labute approximate surface area is 212 Å². The third-order valence-corrected chi connectivity index (χ3v) is 7.20. The van der Waals surface area contributed by atoms with Gasteiger partial charge in [-0.3, -0.25) is 9.79 Å². The van der Waals surface area contributed by atoms with Crippen molar-refractivity contribution in [1.29, 1.82) is 0 Å². The van der Waals surface area contributed by atoms with Crippen LogP contribution in [0.3, 0.4) is 0 Å². The molecule has 0 saturated heterocycles. The first kappa shape index (κ1) is 29.8. The highest BCUT2D eigenvalue weighted by atomic mass is 32.2. The van der Waals surface area contributed by atoms with Crippen LogP contribution in [0.2, 0.25) is 0 Å². The van der Waals surface area contributed by atoms with Gasteiger partial charge in [-0.2, -0.15) is 13.2 Å². The number of aliphatic imine (C=N–C) groups is 1. The Hall–Kier alpha value is -3.39. The van der Waals surface area contributed by atoms with Crippen molar-refractivity contribution in [3.05, 3.63) is 54.0 Å². The van der Waals surface area contributed by atoms with Gasteiger partial charge in [0.25, 0.3) is 0 Å². The maximum atomic E-state index is 12.4. The first-order valence-electron chi connectivity index (χ1n) is 11.2. The molecule has 0 radical (unpaired) electrons. The van der Waals surface area contributed by atoms with Crippen LogP contribution in [0.15, 0.2) is 57.2 Å². The number of carbonyl (C=O) groups excluding carboxylic acids is 1. The number of hydrogen-bond donors (Lipinski definition) is 2. The predicted molar refractivity (Wildman–Crippen MR) is 129 cm³/mol. The fraction of sp³-hybridized carbons (Fsp3) is 0.435. The Morgan fingerprint density at radius 2 is 1.78 bits per heavy atom. The van der Waals surface area contributed by atoms with Gasteiger partial charge in [-0.15, -0.1) is 0 Å². The smallest absolute Gasteiger partial charge is 0.475 e. The third-order valence-electron chi connectivity index (χ3n) is 5.37. The summed E-state index contributed by atoms with van der Waals surface area (Å²) in [4.78, 5) is 27.5. The normalized spacial score (nSPS) is 13.4. The Bertz CT molecular complexity index is 1170. The molecule has 0 spiro atoms. The number of carbonyl (C=O) groups is 2. The van der Waals surface area contributed by atoms with E-state index < -0.39 is 22.2 Å². The molecule has 1 aliphatic rings. The molecule has 0 aliphatic carbocycles. The number of furan rings is 1. The van der Waals surface area contributed by atoms with Crippen LogP contribution in [0.5, 0.6) is 0 Å². The van der Waals surface area contributed by atoms with E-state index in [9.17, 15) is 26.4 Å². The fourth-order valence-corrected chi connectivity index (χ4v) is 4.32. The maximum absolute atomic E-state index is 12.4. The molecule has 1 aromatic carbocycles. The topological polar surface area (TPSA) is 133 Å². The van der Waals surface area contributed by atoms with Crippen molar-refractivity contribution in [2.24, 2.45) is 4.99 Å². The molecule has 0 saturated carbocycles. The largest absolute Gasteiger partial charge is 0.490 e. The molecule has 2 aromatic rings. The average Bonchev–Trinajstić information content (AvgIpc) is 3.57. The molecular formula is C23H29F3N4O6S. The van der Waals surface area contributed by atoms with E-state index in [1.807, 2.05) is 12.1 Å². The van der Waals surface area contributed by atoms with Gasteiger partial charge in [-0.05, 0) is 24.5 Å². The summed E-state index contributed by atoms with van der Waals surface area (Å²) in [7, 11) is -0.284. The van der Waals surface area contributed by atoms with E-state index in [1.54, 1.807) is 11.9 Å². The summed E-state index contributed by atoms with van der Waals surface area (Å²) in [6, 6.07) is 9.63. The maximum Gasteiger partial charge on any atom is 0.490 e. The van der Waals surface area contributed by atoms with Crippen molar-refractivity contribution in [3.8, 4) is 0 Å². The standard InChI is InChI=1S/C21H28N4O4S.C2HF3O2/c1-24(14-9-17-5-7-18(8-6-17)21-22-11-12-23-21)20(26)4-3-13-25(2)30(27,28)19-10-15-29-16-19;3-2(4,5)1(6)7/h5-8,10,15-16H,3-4,9,11-14H2,1-2H3,(H,22,23);(H,6,7). The molecule has 37 heavy (non-hydrogen) atoms. The zero-order valence-corrected chi connectivity index (χ0v) is 21.2. The predicted octanol–water partition coefficient (Wildman–Crippen LogP) is 2.36. The number of alkyl halides is 3. The van der Waals surface area contributed by atoms with Crippen LogP contribution in [0.25, 0.3) is 0 Å². The van der Waals surface area contributed by atoms with Crippen molar-refractivity contribution in [2.75, 3.05) is 40.3 Å². The van der Waals surface area contributed by atoms with E-state index in [4.69, 9.17) is 14.3 Å². The van der Waals surface area contributed by atoms with Gasteiger partial charge in [0.2, 0.25) is 15.9 Å². The number of likely N-dealkylation sites (N-methyl/N-ethyl adjacent to an activating group) is 1. The molecular weight excluding hydrogens is 517 g/mol. The lowest BCUT2D eigenvalue weighted by molar-refractivity contribution is -0.192. The van der Waals surface area contributed by atoms with Gasteiger partial charge in [0.15, 0.2) is 0 Å². The second kappa shape index (κ2) is 13.2. The number of nitrogens with zero attached hydrogens (tertiary/aromatic N) is 3. The van der Waals surface area contributed by atoms with Gasteiger partial charge in [-0.1, -0.05) is 24.3 Å². The molecule has 1 amide bonds. The summed E-state index contributed by atoms with van der Waals surface area (Å²) in [5.41, 5.74) is 2.23. The summed E-state index contributed by atoms with van der Waals surface area (Å²) in [5.74, 6) is -1.81.